The first-order valence-corrected chi connectivity index (χ1v) is 22.0. The molecule has 7 aromatic rings. The van der Waals surface area contributed by atoms with Crippen molar-refractivity contribution in [2.24, 2.45) is 0 Å². The van der Waals surface area contributed by atoms with Gasteiger partial charge in [-0.05, 0) is 110 Å². The second kappa shape index (κ2) is 14.2. The molecule has 0 saturated carbocycles. The van der Waals surface area contributed by atoms with Crippen LogP contribution in [0.15, 0.2) is 133 Å². The van der Waals surface area contributed by atoms with Crippen LogP contribution in [0.4, 0.5) is 34.1 Å². The van der Waals surface area contributed by atoms with Crippen LogP contribution < -0.4 is 45.1 Å². The number of hydrogen-bond donors (Lipinski definition) is 0. The van der Waals surface area contributed by atoms with Gasteiger partial charge in [0.2, 0.25) is 0 Å². The molecule has 0 N–H and O–H groups in total. The average molecular weight is 815 g/mol. The number of ether oxygens (including phenoxy) is 4. The summed E-state index contributed by atoms with van der Waals surface area (Å²) >= 11 is 0. The van der Waals surface area contributed by atoms with Crippen molar-refractivity contribution < 1.29 is 18.9 Å². The molecule has 0 aliphatic carbocycles. The first-order chi connectivity index (χ1) is 30.0. The molecule has 0 atom stereocenters. The van der Waals surface area contributed by atoms with Crippen molar-refractivity contribution in [3.63, 3.8) is 0 Å². The van der Waals surface area contributed by atoms with E-state index in [2.05, 4.69) is 192 Å². The molecule has 0 amide bonds. The van der Waals surface area contributed by atoms with Crippen LogP contribution in [0, 0.1) is 6.92 Å². The average Bonchev–Trinajstić information content (AvgIpc) is 3.28. The molecule has 0 fully saturated rings. The number of nitrogens with zero attached hydrogens (tertiary/aromatic N) is 2. The van der Waals surface area contributed by atoms with Gasteiger partial charge in [-0.2, -0.15) is 0 Å². The van der Waals surface area contributed by atoms with Gasteiger partial charge in [-0.15, -0.1) is 0 Å². The second-order valence-electron chi connectivity index (χ2n) is 19.1. The second-order valence-corrected chi connectivity index (χ2v) is 19.1. The Morgan fingerprint density at radius 3 is 1.29 bits per heavy atom. The molecule has 0 unspecified atom stereocenters. The summed E-state index contributed by atoms with van der Waals surface area (Å²) in [6, 6.07) is 49.1. The Morgan fingerprint density at radius 2 is 0.871 bits per heavy atom. The quantitative estimate of drug-likeness (QED) is 0.165. The predicted molar refractivity (Wildman–Crippen MR) is 255 cm³/mol. The first-order valence-electron chi connectivity index (χ1n) is 22.0. The van der Waals surface area contributed by atoms with E-state index in [0.717, 1.165) is 95.9 Å². The molecule has 7 aromatic carbocycles. The Balaban J connectivity index is 1.27. The Labute approximate surface area is 365 Å². The van der Waals surface area contributed by atoms with Crippen molar-refractivity contribution in [2.45, 2.75) is 59.3 Å². The molecule has 4 aliphatic heterocycles. The van der Waals surface area contributed by atoms with Gasteiger partial charge in [0.25, 0.3) is 6.71 Å². The number of fused-ring (bicyclic) bond motifs is 8. The minimum absolute atomic E-state index is 0.0558. The van der Waals surface area contributed by atoms with E-state index in [1.807, 2.05) is 0 Å². The fourth-order valence-corrected chi connectivity index (χ4v) is 9.90. The van der Waals surface area contributed by atoms with Crippen LogP contribution >= 0.6 is 0 Å². The summed E-state index contributed by atoms with van der Waals surface area (Å²) in [5, 5.41) is 0. The maximum Gasteiger partial charge on any atom is 0.252 e. The fraction of sp³-hybridized carbons (Fsp3) is 0.236. The summed E-state index contributed by atoms with van der Waals surface area (Å²) in [4.78, 5) is 4.95. The first kappa shape index (κ1) is 38.3. The highest BCUT2D eigenvalue weighted by Crippen LogP contribution is 2.55. The van der Waals surface area contributed by atoms with Crippen LogP contribution in [-0.2, 0) is 10.8 Å². The van der Waals surface area contributed by atoms with Crippen molar-refractivity contribution in [3.05, 3.63) is 150 Å². The molecule has 11 rings (SSSR count). The third-order valence-corrected chi connectivity index (χ3v) is 12.9. The molecular weight excluding hydrogens is 763 g/mol. The molecule has 0 radical (unpaired) electrons. The van der Waals surface area contributed by atoms with Gasteiger partial charge in [-0.3, -0.25) is 0 Å². The third kappa shape index (κ3) is 6.07. The van der Waals surface area contributed by atoms with Crippen LogP contribution in [0.1, 0.15) is 58.2 Å². The predicted octanol–water partition coefficient (Wildman–Crippen LogP) is 11.5. The number of rotatable bonds is 4. The van der Waals surface area contributed by atoms with Crippen molar-refractivity contribution in [2.75, 3.05) is 36.2 Å². The molecule has 308 valence electrons. The van der Waals surface area contributed by atoms with Crippen molar-refractivity contribution in [1.82, 2.24) is 0 Å². The SMILES string of the molecule is Cc1cc2c3c(c1)N(c1ccc(C(C)(C)C)cc1-c1ccccc1)c1c(ccc4c1OCCO4)B3c1ccc3c(c1N2c1ccc(C(C)(C)C)cc1-c1ccccc1)OCCO3. The highest BCUT2D eigenvalue weighted by molar-refractivity contribution is 7.00. The van der Waals surface area contributed by atoms with Crippen molar-refractivity contribution in [1.29, 1.82) is 0 Å². The van der Waals surface area contributed by atoms with E-state index in [4.69, 9.17) is 18.9 Å². The van der Waals surface area contributed by atoms with Crippen LogP contribution in [0.5, 0.6) is 23.0 Å². The van der Waals surface area contributed by atoms with E-state index in [1.54, 1.807) is 0 Å². The van der Waals surface area contributed by atoms with E-state index >= 15 is 0 Å². The maximum absolute atomic E-state index is 6.73. The van der Waals surface area contributed by atoms with Gasteiger partial charge in [-0.25, -0.2) is 0 Å². The largest absolute Gasteiger partial charge is 0.486 e. The Kier molecular flexibility index (Phi) is 8.80. The Morgan fingerprint density at radius 1 is 0.452 bits per heavy atom. The van der Waals surface area contributed by atoms with E-state index in [0.29, 0.717) is 26.4 Å². The van der Waals surface area contributed by atoms with Crippen LogP contribution in [0.25, 0.3) is 22.3 Å². The van der Waals surface area contributed by atoms with E-state index in [9.17, 15) is 0 Å². The Hall–Kier alpha value is -6.60. The van der Waals surface area contributed by atoms with Crippen LogP contribution in [-0.4, -0.2) is 33.1 Å². The van der Waals surface area contributed by atoms with Gasteiger partial charge >= 0.3 is 0 Å². The Bertz CT molecular complexity index is 2720. The van der Waals surface area contributed by atoms with Gasteiger partial charge in [-0.1, -0.05) is 126 Å². The zero-order valence-electron chi connectivity index (χ0n) is 36.6. The zero-order chi connectivity index (χ0) is 42.5. The topological polar surface area (TPSA) is 43.4 Å². The fourth-order valence-electron chi connectivity index (χ4n) is 9.90. The lowest BCUT2D eigenvalue weighted by Crippen LogP contribution is -2.61. The number of benzene rings is 7. The summed E-state index contributed by atoms with van der Waals surface area (Å²) in [5.41, 5.74) is 18.1. The summed E-state index contributed by atoms with van der Waals surface area (Å²) in [6.07, 6.45) is 0. The summed E-state index contributed by atoms with van der Waals surface area (Å²) < 4.78 is 26.2. The molecule has 0 spiro atoms. The molecule has 4 heterocycles. The summed E-state index contributed by atoms with van der Waals surface area (Å²) in [6.45, 7) is 17.7. The lowest BCUT2D eigenvalue weighted by molar-refractivity contribution is 0.172. The minimum atomic E-state index is -0.159. The lowest BCUT2D eigenvalue weighted by atomic mass is 9.33. The van der Waals surface area contributed by atoms with Crippen molar-refractivity contribution >= 4 is 57.2 Å². The molecule has 0 saturated heterocycles. The van der Waals surface area contributed by atoms with E-state index in [-0.39, 0.29) is 17.5 Å². The van der Waals surface area contributed by atoms with Gasteiger partial charge in [0.05, 0.1) is 22.7 Å². The van der Waals surface area contributed by atoms with Gasteiger partial charge in [0.15, 0.2) is 23.0 Å². The molecule has 7 heteroatoms. The zero-order valence-corrected chi connectivity index (χ0v) is 36.6. The van der Waals surface area contributed by atoms with Gasteiger partial charge in [0, 0.05) is 22.5 Å². The highest BCUT2D eigenvalue weighted by Gasteiger charge is 2.48. The van der Waals surface area contributed by atoms with Crippen LogP contribution in [0.2, 0.25) is 0 Å². The number of aryl methyl sites for hydroxylation is 1. The maximum atomic E-state index is 6.73. The van der Waals surface area contributed by atoms with E-state index < -0.39 is 0 Å². The number of hydrogen-bond acceptors (Lipinski definition) is 6. The smallest absolute Gasteiger partial charge is 0.252 e. The monoisotopic (exact) mass is 814 g/mol. The minimum Gasteiger partial charge on any atom is -0.486 e. The molecule has 6 nitrogen and oxygen atoms in total. The van der Waals surface area contributed by atoms with Gasteiger partial charge in [0.1, 0.15) is 26.4 Å². The molecule has 4 aliphatic rings. The highest BCUT2D eigenvalue weighted by atomic mass is 16.6. The number of anilines is 6. The lowest BCUT2D eigenvalue weighted by Gasteiger charge is -2.46. The standard InChI is InChI=1S/C55H51BN2O4/c1-34-30-45-49-46(31-34)58(44-23-19-38(55(5,6)7)33-40(44)36-16-12-9-13-17-36)51-42(21-25-48-53(51)62-29-27-60-48)56(49)41-20-24-47-52(61-28-26-59-47)50(41)57(45)43-22-18-37(54(2,3)4)32-39(43)35-14-10-8-11-15-35/h8-25,30-33H,26-29H2,1-7H3. The van der Waals surface area contributed by atoms with E-state index in [1.165, 1.54) is 16.6 Å². The van der Waals surface area contributed by atoms with Crippen molar-refractivity contribution in [3.8, 4) is 45.3 Å². The summed E-state index contributed by atoms with van der Waals surface area (Å²) in [5.74, 6) is 3.06. The summed E-state index contributed by atoms with van der Waals surface area (Å²) in [7, 11) is 0. The molecular formula is C55H51BN2O4. The third-order valence-electron chi connectivity index (χ3n) is 12.9. The van der Waals surface area contributed by atoms with Gasteiger partial charge < -0.3 is 28.7 Å². The molecule has 62 heavy (non-hydrogen) atoms. The normalized spacial score (nSPS) is 14.9. The van der Waals surface area contributed by atoms with Crippen LogP contribution in [0.3, 0.4) is 0 Å². The molecule has 0 bridgehead atoms. The molecule has 0 aromatic heterocycles.